The number of halogens is 2. The topological polar surface area (TPSA) is 68.9 Å². The largest absolute Gasteiger partial charge is 0.270 e. The van der Waals surface area contributed by atoms with Crippen LogP contribution >= 0.6 is 35.0 Å². The number of nitrogens with zero attached hydrogens (tertiary/aromatic N) is 3. The summed E-state index contributed by atoms with van der Waals surface area (Å²) >= 11 is 13.5. The van der Waals surface area contributed by atoms with E-state index in [4.69, 9.17) is 23.2 Å². The molecule has 3 rings (SSSR count). The molecule has 3 aromatic rings. The molecule has 0 fully saturated rings. The fraction of sp³-hybridized carbons (Fsp3) is 0.0588. The van der Waals surface area contributed by atoms with Gasteiger partial charge in [-0.15, -0.1) is 10.2 Å². The molecule has 0 aliphatic rings. The van der Waals surface area contributed by atoms with Crippen molar-refractivity contribution in [3.63, 3.8) is 0 Å². The van der Waals surface area contributed by atoms with Crippen LogP contribution in [0.5, 0.6) is 0 Å². The second-order valence-corrected chi connectivity index (χ2v) is 6.93. The summed E-state index contributed by atoms with van der Waals surface area (Å²) in [5, 5.41) is 21.1. The van der Waals surface area contributed by atoms with Crippen molar-refractivity contribution in [1.29, 1.82) is 0 Å². The van der Waals surface area contributed by atoms with Crippen molar-refractivity contribution >= 4 is 40.7 Å². The van der Waals surface area contributed by atoms with Crippen molar-refractivity contribution < 1.29 is 4.92 Å². The van der Waals surface area contributed by atoms with Gasteiger partial charge in [0.25, 0.3) is 5.69 Å². The standard InChI is InChI=1S/C17H11Cl2N3O2S/c18-13-5-4-12(15(19)9-13)10-25-17-7-6-16(20-21-17)11-2-1-3-14(8-11)22(23)24/h1-9H,10H2. The number of benzene rings is 2. The first kappa shape index (κ1) is 17.7. The summed E-state index contributed by atoms with van der Waals surface area (Å²) in [5.41, 5.74) is 2.22. The highest BCUT2D eigenvalue weighted by Gasteiger charge is 2.09. The fourth-order valence-corrected chi connectivity index (χ4v) is 3.49. The highest BCUT2D eigenvalue weighted by Crippen LogP contribution is 2.28. The number of non-ortho nitro benzene ring substituents is 1. The number of thioether (sulfide) groups is 1. The Hall–Kier alpha value is -2.15. The van der Waals surface area contributed by atoms with Gasteiger partial charge in [-0.2, -0.15) is 0 Å². The lowest BCUT2D eigenvalue weighted by atomic mass is 10.1. The van der Waals surface area contributed by atoms with Gasteiger partial charge in [0.15, 0.2) is 0 Å². The number of nitro benzene ring substituents is 1. The van der Waals surface area contributed by atoms with E-state index in [1.54, 1.807) is 30.3 Å². The minimum Gasteiger partial charge on any atom is -0.258 e. The minimum atomic E-state index is -0.434. The van der Waals surface area contributed by atoms with Crippen LogP contribution in [0.2, 0.25) is 10.0 Å². The highest BCUT2D eigenvalue weighted by molar-refractivity contribution is 7.98. The molecular formula is C17H11Cl2N3O2S. The molecule has 0 spiro atoms. The molecule has 25 heavy (non-hydrogen) atoms. The van der Waals surface area contributed by atoms with E-state index in [1.807, 2.05) is 12.1 Å². The van der Waals surface area contributed by atoms with Crippen LogP contribution in [0.25, 0.3) is 11.3 Å². The smallest absolute Gasteiger partial charge is 0.258 e. The molecule has 0 amide bonds. The predicted octanol–water partition coefficient (Wildman–Crippen LogP) is 5.65. The van der Waals surface area contributed by atoms with Crippen LogP contribution in [0.4, 0.5) is 5.69 Å². The van der Waals surface area contributed by atoms with Crippen molar-refractivity contribution in [2.45, 2.75) is 10.8 Å². The van der Waals surface area contributed by atoms with Crippen molar-refractivity contribution in [2.24, 2.45) is 0 Å². The molecule has 0 atom stereocenters. The maximum atomic E-state index is 10.9. The van der Waals surface area contributed by atoms with E-state index in [0.29, 0.717) is 27.1 Å². The molecule has 0 aliphatic carbocycles. The van der Waals surface area contributed by atoms with Gasteiger partial charge in [0, 0.05) is 33.5 Å². The Kier molecular flexibility index (Phi) is 5.53. The van der Waals surface area contributed by atoms with E-state index in [0.717, 1.165) is 10.6 Å². The molecule has 1 heterocycles. The molecule has 0 bridgehead atoms. The molecular weight excluding hydrogens is 381 g/mol. The fourth-order valence-electron chi connectivity index (χ4n) is 2.12. The maximum Gasteiger partial charge on any atom is 0.270 e. The summed E-state index contributed by atoms with van der Waals surface area (Å²) in [6.45, 7) is 0. The summed E-state index contributed by atoms with van der Waals surface area (Å²) in [6.07, 6.45) is 0. The zero-order valence-electron chi connectivity index (χ0n) is 12.7. The molecule has 2 aromatic carbocycles. The van der Waals surface area contributed by atoms with Crippen molar-refractivity contribution in [3.05, 3.63) is 80.3 Å². The Bertz CT molecular complexity index is 920. The van der Waals surface area contributed by atoms with Gasteiger partial charge in [0.2, 0.25) is 0 Å². The second kappa shape index (κ2) is 7.82. The van der Waals surface area contributed by atoms with E-state index in [9.17, 15) is 10.1 Å². The Balaban J connectivity index is 1.72. The number of hydrogen-bond acceptors (Lipinski definition) is 5. The molecule has 8 heteroatoms. The van der Waals surface area contributed by atoms with Gasteiger partial charge < -0.3 is 0 Å². The van der Waals surface area contributed by atoms with E-state index in [2.05, 4.69) is 10.2 Å². The molecule has 0 saturated heterocycles. The average molecular weight is 392 g/mol. The zero-order chi connectivity index (χ0) is 17.8. The normalized spacial score (nSPS) is 10.6. The molecule has 5 nitrogen and oxygen atoms in total. The number of nitro groups is 1. The van der Waals surface area contributed by atoms with Crippen LogP contribution in [-0.4, -0.2) is 15.1 Å². The molecule has 0 aliphatic heterocycles. The Labute approximate surface area is 158 Å². The summed E-state index contributed by atoms with van der Waals surface area (Å²) in [6, 6.07) is 15.3. The van der Waals surface area contributed by atoms with Crippen LogP contribution in [0.3, 0.4) is 0 Å². The molecule has 0 saturated carbocycles. The van der Waals surface area contributed by atoms with Crippen LogP contribution in [0, 0.1) is 10.1 Å². The molecule has 126 valence electrons. The van der Waals surface area contributed by atoms with Gasteiger partial charge >= 0.3 is 0 Å². The lowest BCUT2D eigenvalue weighted by Gasteiger charge is -2.05. The van der Waals surface area contributed by atoms with Crippen LogP contribution in [0.1, 0.15) is 5.56 Å². The van der Waals surface area contributed by atoms with E-state index in [-0.39, 0.29) is 5.69 Å². The van der Waals surface area contributed by atoms with Crippen LogP contribution in [0.15, 0.2) is 59.6 Å². The first-order valence-electron chi connectivity index (χ1n) is 7.18. The zero-order valence-corrected chi connectivity index (χ0v) is 15.1. The first-order chi connectivity index (χ1) is 12.0. The average Bonchev–Trinajstić information content (AvgIpc) is 2.61. The lowest BCUT2D eigenvalue weighted by Crippen LogP contribution is -1.92. The Morgan fingerprint density at radius 3 is 2.56 bits per heavy atom. The second-order valence-electron chi connectivity index (χ2n) is 5.09. The van der Waals surface area contributed by atoms with Gasteiger partial charge in [-0.25, -0.2) is 0 Å². The van der Waals surface area contributed by atoms with Crippen LogP contribution in [-0.2, 0) is 5.75 Å². The highest BCUT2D eigenvalue weighted by atomic mass is 35.5. The van der Waals surface area contributed by atoms with Crippen LogP contribution < -0.4 is 0 Å². The monoisotopic (exact) mass is 391 g/mol. The van der Waals surface area contributed by atoms with Gasteiger partial charge in [-0.1, -0.05) is 53.2 Å². The van der Waals surface area contributed by atoms with E-state index >= 15 is 0 Å². The van der Waals surface area contributed by atoms with Crippen molar-refractivity contribution in [3.8, 4) is 11.3 Å². The van der Waals surface area contributed by atoms with E-state index < -0.39 is 4.92 Å². The Morgan fingerprint density at radius 1 is 1.04 bits per heavy atom. The first-order valence-corrected chi connectivity index (χ1v) is 8.92. The summed E-state index contributed by atoms with van der Waals surface area (Å²) in [4.78, 5) is 10.4. The number of aromatic nitrogens is 2. The third kappa shape index (κ3) is 4.48. The van der Waals surface area contributed by atoms with Crippen molar-refractivity contribution in [2.75, 3.05) is 0 Å². The molecule has 1 aromatic heterocycles. The van der Waals surface area contributed by atoms with Crippen molar-refractivity contribution in [1.82, 2.24) is 10.2 Å². The summed E-state index contributed by atoms with van der Waals surface area (Å²) in [7, 11) is 0. The lowest BCUT2D eigenvalue weighted by molar-refractivity contribution is -0.384. The molecule has 0 unspecified atom stereocenters. The predicted molar refractivity (Wildman–Crippen MR) is 100 cm³/mol. The third-order valence-electron chi connectivity index (χ3n) is 3.38. The SMILES string of the molecule is O=[N+]([O-])c1cccc(-c2ccc(SCc3ccc(Cl)cc3Cl)nn2)c1. The quantitative estimate of drug-likeness (QED) is 0.319. The van der Waals surface area contributed by atoms with E-state index in [1.165, 1.54) is 23.9 Å². The minimum absolute atomic E-state index is 0.0233. The maximum absolute atomic E-state index is 10.9. The van der Waals surface area contributed by atoms with Gasteiger partial charge in [-0.3, -0.25) is 10.1 Å². The summed E-state index contributed by atoms with van der Waals surface area (Å²) in [5.74, 6) is 0.640. The van der Waals surface area contributed by atoms with Gasteiger partial charge in [0.05, 0.1) is 10.6 Å². The van der Waals surface area contributed by atoms with Gasteiger partial charge in [0.1, 0.15) is 5.03 Å². The third-order valence-corrected chi connectivity index (χ3v) is 4.94. The summed E-state index contributed by atoms with van der Waals surface area (Å²) < 4.78 is 0. The Morgan fingerprint density at radius 2 is 1.88 bits per heavy atom. The number of rotatable bonds is 5. The van der Waals surface area contributed by atoms with Gasteiger partial charge in [-0.05, 0) is 29.8 Å². The molecule has 0 radical (unpaired) electrons. The number of hydrogen-bond donors (Lipinski definition) is 0. The molecule has 0 N–H and O–H groups in total.